The van der Waals surface area contributed by atoms with E-state index in [1.54, 1.807) is 0 Å². The van der Waals surface area contributed by atoms with Crippen molar-refractivity contribution in [2.24, 2.45) is 11.8 Å². The van der Waals surface area contributed by atoms with Crippen molar-refractivity contribution in [3.8, 4) is 0 Å². The van der Waals surface area contributed by atoms with Gasteiger partial charge in [0.2, 0.25) is 0 Å². The van der Waals surface area contributed by atoms with Crippen molar-refractivity contribution in [1.82, 2.24) is 0 Å². The van der Waals surface area contributed by atoms with Crippen molar-refractivity contribution in [2.75, 3.05) is 6.26 Å². The van der Waals surface area contributed by atoms with Crippen LogP contribution in [-0.4, -0.2) is 11.0 Å². The highest BCUT2D eigenvalue weighted by Crippen LogP contribution is 2.38. The van der Waals surface area contributed by atoms with Crippen LogP contribution in [0.15, 0.2) is 0 Å². The van der Waals surface area contributed by atoms with E-state index in [2.05, 4.69) is 40.9 Å². The minimum absolute atomic E-state index is 0.482. The van der Waals surface area contributed by atoms with Crippen LogP contribution in [-0.2, 0) is 0 Å². The first-order valence-corrected chi connectivity index (χ1v) is 6.29. The van der Waals surface area contributed by atoms with Gasteiger partial charge in [-0.15, -0.1) is 0 Å². The predicted molar refractivity (Wildman–Crippen MR) is 60.8 cm³/mol. The van der Waals surface area contributed by atoms with E-state index in [1.807, 2.05) is 11.8 Å². The van der Waals surface area contributed by atoms with Gasteiger partial charge in [-0.05, 0) is 24.5 Å². The van der Waals surface area contributed by atoms with Crippen molar-refractivity contribution in [1.29, 1.82) is 0 Å². The van der Waals surface area contributed by atoms with Gasteiger partial charge in [0, 0.05) is 4.75 Å². The molecule has 0 spiro atoms. The van der Waals surface area contributed by atoms with Crippen LogP contribution in [0, 0.1) is 11.8 Å². The smallest absolute Gasteiger partial charge is 0.0154 e. The Bertz CT molecular complexity index is 116. The molecule has 0 saturated carbocycles. The standard InChI is InChI=1S/C11H24S/c1-7-9(3)10(4)11(5,8-2)12-6/h9-10H,7-8H2,1-6H3. The van der Waals surface area contributed by atoms with Gasteiger partial charge in [-0.2, -0.15) is 11.8 Å². The molecular weight excluding hydrogens is 164 g/mol. The Morgan fingerprint density at radius 1 is 1.25 bits per heavy atom. The molecule has 12 heavy (non-hydrogen) atoms. The van der Waals surface area contributed by atoms with Gasteiger partial charge >= 0.3 is 0 Å². The summed E-state index contributed by atoms with van der Waals surface area (Å²) in [7, 11) is 0. The Labute approximate surface area is 82.5 Å². The fourth-order valence-electron chi connectivity index (χ4n) is 1.61. The lowest BCUT2D eigenvalue weighted by Gasteiger charge is -2.36. The molecule has 0 aromatic heterocycles. The van der Waals surface area contributed by atoms with Gasteiger partial charge in [-0.25, -0.2) is 0 Å². The summed E-state index contributed by atoms with van der Waals surface area (Å²) in [4.78, 5) is 0. The average molecular weight is 188 g/mol. The van der Waals surface area contributed by atoms with E-state index < -0.39 is 0 Å². The maximum Gasteiger partial charge on any atom is 0.0154 e. The Morgan fingerprint density at radius 2 is 1.75 bits per heavy atom. The van der Waals surface area contributed by atoms with Crippen LogP contribution in [0.3, 0.4) is 0 Å². The van der Waals surface area contributed by atoms with Gasteiger partial charge in [-0.1, -0.05) is 41.0 Å². The molecule has 0 heterocycles. The largest absolute Gasteiger partial charge is 0.159 e. The van der Waals surface area contributed by atoms with E-state index >= 15 is 0 Å². The Balaban J connectivity index is 4.29. The molecule has 0 N–H and O–H groups in total. The second-order valence-corrected chi connectivity index (χ2v) is 5.39. The highest BCUT2D eigenvalue weighted by Gasteiger charge is 2.30. The Kier molecular flexibility index (Phi) is 5.31. The van der Waals surface area contributed by atoms with E-state index in [4.69, 9.17) is 0 Å². The molecule has 0 radical (unpaired) electrons. The SMILES string of the molecule is CCC(C)C(C)C(C)(CC)SC. The second kappa shape index (κ2) is 5.16. The van der Waals surface area contributed by atoms with Crippen molar-refractivity contribution < 1.29 is 0 Å². The quantitative estimate of drug-likeness (QED) is 0.623. The summed E-state index contributed by atoms with van der Waals surface area (Å²) >= 11 is 2.02. The molecule has 0 fully saturated rings. The lowest BCUT2D eigenvalue weighted by Crippen LogP contribution is -2.32. The Morgan fingerprint density at radius 3 is 2.00 bits per heavy atom. The summed E-state index contributed by atoms with van der Waals surface area (Å²) in [5, 5.41) is 0. The molecule has 1 heteroatoms. The van der Waals surface area contributed by atoms with E-state index in [-0.39, 0.29) is 0 Å². The highest BCUT2D eigenvalue weighted by molar-refractivity contribution is 7.99. The molecule has 74 valence electrons. The van der Waals surface area contributed by atoms with Crippen LogP contribution in [0.2, 0.25) is 0 Å². The molecule has 0 saturated heterocycles. The maximum absolute atomic E-state index is 2.40. The van der Waals surface area contributed by atoms with Crippen molar-refractivity contribution >= 4 is 11.8 Å². The third kappa shape index (κ3) is 2.69. The molecule has 0 amide bonds. The summed E-state index contributed by atoms with van der Waals surface area (Å²) in [6, 6.07) is 0. The van der Waals surface area contributed by atoms with Crippen molar-refractivity contribution in [2.45, 2.75) is 52.2 Å². The molecule has 0 bridgehead atoms. The molecular formula is C11H24S. The summed E-state index contributed by atoms with van der Waals surface area (Å²) in [5.74, 6) is 1.67. The fourth-order valence-corrected chi connectivity index (χ4v) is 2.50. The van der Waals surface area contributed by atoms with Gasteiger partial charge in [-0.3, -0.25) is 0 Å². The van der Waals surface area contributed by atoms with Crippen LogP contribution in [0.4, 0.5) is 0 Å². The molecule has 0 aromatic carbocycles. The second-order valence-electron chi connectivity index (χ2n) is 4.04. The molecule has 0 aliphatic rings. The minimum atomic E-state index is 0.482. The van der Waals surface area contributed by atoms with Crippen LogP contribution in [0.25, 0.3) is 0 Å². The van der Waals surface area contributed by atoms with E-state index in [9.17, 15) is 0 Å². The molecule has 3 unspecified atom stereocenters. The van der Waals surface area contributed by atoms with Gasteiger partial charge in [0.15, 0.2) is 0 Å². The lowest BCUT2D eigenvalue weighted by atomic mass is 9.81. The van der Waals surface area contributed by atoms with Crippen molar-refractivity contribution in [3.05, 3.63) is 0 Å². The summed E-state index contributed by atoms with van der Waals surface area (Å²) in [5.41, 5.74) is 0. The van der Waals surface area contributed by atoms with Crippen LogP contribution in [0.1, 0.15) is 47.5 Å². The van der Waals surface area contributed by atoms with E-state index in [0.29, 0.717) is 4.75 Å². The zero-order valence-corrected chi connectivity index (χ0v) is 10.3. The molecule has 0 rings (SSSR count). The molecule has 0 nitrogen and oxygen atoms in total. The average Bonchev–Trinajstić information content (AvgIpc) is 2.14. The first-order chi connectivity index (χ1) is 5.51. The lowest BCUT2D eigenvalue weighted by molar-refractivity contribution is 0.296. The summed E-state index contributed by atoms with van der Waals surface area (Å²) < 4.78 is 0.482. The zero-order valence-electron chi connectivity index (χ0n) is 9.48. The van der Waals surface area contributed by atoms with Gasteiger partial charge in [0.25, 0.3) is 0 Å². The maximum atomic E-state index is 2.40. The predicted octanol–water partition coefficient (Wildman–Crippen LogP) is 4.20. The number of thioether (sulfide) groups is 1. The summed E-state index contributed by atoms with van der Waals surface area (Å²) in [6.07, 6.45) is 4.82. The molecule has 0 aliphatic heterocycles. The number of hydrogen-bond acceptors (Lipinski definition) is 1. The van der Waals surface area contributed by atoms with Crippen LogP contribution >= 0.6 is 11.8 Å². The van der Waals surface area contributed by atoms with E-state index in [0.717, 1.165) is 11.8 Å². The normalized spacial score (nSPS) is 21.5. The van der Waals surface area contributed by atoms with Gasteiger partial charge < -0.3 is 0 Å². The third-order valence-corrected chi connectivity index (χ3v) is 5.22. The Hall–Kier alpha value is 0.350. The van der Waals surface area contributed by atoms with Gasteiger partial charge in [0.1, 0.15) is 0 Å². The topological polar surface area (TPSA) is 0 Å². The zero-order chi connectivity index (χ0) is 9.78. The van der Waals surface area contributed by atoms with Crippen LogP contribution < -0.4 is 0 Å². The molecule has 0 aromatic rings. The van der Waals surface area contributed by atoms with Gasteiger partial charge in [0.05, 0.1) is 0 Å². The summed E-state index contributed by atoms with van der Waals surface area (Å²) in [6.45, 7) is 11.8. The monoisotopic (exact) mass is 188 g/mol. The molecule has 0 aliphatic carbocycles. The number of rotatable bonds is 5. The van der Waals surface area contributed by atoms with E-state index in [1.165, 1.54) is 12.8 Å². The minimum Gasteiger partial charge on any atom is -0.159 e. The number of hydrogen-bond donors (Lipinski definition) is 0. The van der Waals surface area contributed by atoms with Crippen molar-refractivity contribution in [3.63, 3.8) is 0 Å². The fraction of sp³-hybridized carbons (Fsp3) is 1.00. The van der Waals surface area contributed by atoms with Crippen LogP contribution in [0.5, 0.6) is 0 Å². The third-order valence-electron chi connectivity index (χ3n) is 3.63. The molecule has 3 atom stereocenters. The highest BCUT2D eigenvalue weighted by atomic mass is 32.2. The first-order valence-electron chi connectivity index (χ1n) is 5.07. The first kappa shape index (κ1) is 12.3.